The summed E-state index contributed by atoms with van der Waals surface area (Å²) in [4.78, 5) is 12.5. The van der Waals surface area contributed by atoms with Crippen molar-refractivity contribution in [2.24, 2.45) is 5.10 Å². The van der Waals surface area contributed by atoms with Crippen LogP contribution in [0.15, 0.2) is 84.1 Å². The smallest absolute Gasteiger partial charge is 0.271 e. The van der Waals surface area contributed by atoms with Crippen molar-refractivity contribution in [1.29, 1.82) is 0 Å². The van der Waals surface area contributed by atoms with Gasteiger partial charge >= 0.3 is 0 Å². The van der Waals surface area contributed by atoms with E-state index in [1.165, 1.54) is 0 Å². The van der Waals surface area contributed by atoms with Crippen LogP contribution >= 0.6 is 0 Å². The predicted octanol–water partition coefficient (Wildman–Crippen LogP) is 4.04. The van der Waals surface area contributed by atoms with E-state index in [4.69, 9.17) is 19.3 Å². The molecule has 164 valence electrons. The number of hydrazone groups is 1. The van der Waals surface area contributed by atoms with Crippen LogP contribution < -0.4 is 19.6 Å². The first-order valence-electron chi connectivity index (χ1n) is 10.2. The van der Waals surface area contributed by atoms with Crippen molar-refractivity contribution in [1.82, 2.24) is 15.2 Å². The van der Waals surface area contributed by atoms with Gasteiger partial charge in [-0.1, -0.05) is 18.2 Å². The van der Waals surface area contributed by atoms with Gasteiger partial charge in [0.2, 0.25) is 6.79 Å². The Balaban J connectivity index is 1.41. The number of rotatable bonds is 6. The number of methoxy groups -OCH3 is 1. The van der Waals surface area contributed by atoms with Crippen LogP contribution in [-0.2, 0) is 0 Å². The molecule has 2 heterocycles. The van der Waals surface area contributed by atoms with Crippen molar-refractivity contribution in [2.75, 3.05) is 13.9 Å². The van der Waals surface area contributed by atoms with E-state index in [9.17, 15) is 4.79 Å². The number of fused-ring (bicyclic) bond motifs is 1. The molecule has 0 unspecified atom stereocenters. The molecule has 3 aromatic carbocycles. The molecule has 1 aliphatic rings. The van der Waals surface area contributed by atoms with Gasteiger partial charge < -0.3 is 14.2 Å². The number of ether oxygens (including phenoxy) is 3. The number of carbonyl (C=O) groups is 1. The van der Waals surface area contributed by atoms with Gasteiger partial charge in [0.15, 0.2) is 11.5 Å². The van der Waals surface area contributed by atoms with Crippen LogP contribution in [0.5, 0.6) is 17.2 Å². The topological polar surface area (TPSA) is 87.0 Å². The van der Waals surface area contributed by atoms with E-state index in [1.54, 1.807) is 36.2 Å². The normalized spacial score (nSPS) is 12.2. The largest absolute Gasteiger partial charge is 0.497 e. The highest BCUT2D eigenvalue weighted by atomic mass is 16.7. The Hall–Kier alpha value is -4.59. The molecule has 0 saturated carbocycles. The zero-order valence-corrected chi connectivity index (χ0v) is 17.8. The van der Waals surface area contributed by atoms with Gasteiger partial charge in [0, 0.05) is 22.9 Å². The first kappa shape index (κ1) is 20.3. The fraction of sp³-hybridized carbons (Fsp3) is 0.0800. The molecule has 0 saturated heterocycles. The van der Waals surface area contributed by atoms with E-state index in [0.717, 1.165) is 28.3 Å². The van der Waals surface area contributed by atoms with E-state index < -0.39 is 0 Å². The molecule has 1 aromatic heterocycles. The Morgan fingerprint density at radius 2 is 1.85 bits per heavy atom. The highest BCUT2D eigenvalue weighted by Crippen LogP contribution is 2.32. The van der Waals surface area contributed by atoms with E-state index in [2.05, 4.69) is 10.5 Å². The SMILES string of the molecule is COc1ccc(-c2nn(-c3ccccc3)cc2C=NNC(=O)c2ccc3c(c2)OCO3)cc1. The van der Waals surface area contributed by atoms with Crippen LogP contribution in [-0.4, -0.2) is 35.8 Å². The van der Waals surface area contributed by atoms with Crippen LogP contribution in [0.1, 0.15) is 15.9 Å². The third-order valence-corrected chi connectivity index (χ3v) is 5.13. The maximum absolute atomic E-state index is 12.5. The number of amides is 1. The fourth-order valence-corrected chi connectivity index (χ4v) is 3.43. The van der Waals surface area contributed by atoms with Crippen LogP contribution in [0.4, 0.5) is 0 Å². The standard InChI is InChI=1S/C25H20N4O4/c1-31-21-10-7-17(8-11-21)24-19(15-29(28-24)20-5-3-2-4-6-20)14-26-27-25(30)18-9-12-22-23(13-18)33-16-32-22/h2-15H,16H2,1H3,(H,27,30). The molecule has 0 fully saturated rings. The van der Waals surface area contributed by atoms with E-state index in [0.29, 0.717) is 17.1 Å². The summed E-state index contributed by atoms with van der Waals surface area (Å²) in [6.45, 7) is 0.151. The molecule has 0 spiro atoms. The maximum atomic E-state index is 12.5. The molecule has 33 heavy (non-hydrogen) atoms. The first-order chi connectivity index (χ1) is 16.2. The molecule has 0 atom stereocenters. The van der Waals surface area contributed by atoms with Crippen molar-refractivity contribution in [3.8, 4) is 34.2 Å². The Kier molecular flexibility index (Phi) is 5.47. The van der Waals surface area contributed by atoms with E-state index in [-0.39, 0.29) is 12.7 Å². The fourth-order valence-electron chi connectivity index (χ4n) is 3.43. The number of carbonyl (C=O) groups excluding carboxylic acids is 1. The molecule has 1 amide bonds. The quantitative estimate of drug-likeness (QED) is 0.361. The number of hydrogen-bond acceptors (Lipinski definition) is 6. The first-order valence-corrected chi connectivity index (χ1v) is 10.2. The molecular formula is C25H20N4O4. The minimum Gasteiger partial charge on any atom is -0.497 e. The molecule has 4 aromatic rings. The Morgan fingerprint density at radius 1 is 1.06 bits per heavy atom. The molecule has 8 nitrogen and oxygen atoms in total. The van der Waals surface area contributed by atoms with Crippen LogP contribution in [0.25, 0.3) is 16.9 Å². The molecule has 1 aliphatic heterocycles. The van der Waals surface area contributed by atoms with Crippen molar-refractivity contribution >= 4 is 12.1 Å². The Bertz CT molecular complexity index is 1310. The number of hydrogen-bond donors (Lipinski definition) is 1. The monoisotopic (exact) mass is 440 g/mol. The number of benzene rings is 3. The molecule has 0 aliphatic carbocycles. The summed E-state index contributed by atoms with van der Waals surface area (Å²) in [5.41, 5.74) is 6.27. The van der Waals surface area contributed by atoms with Gasteiger partial charge in [0.05, 0.1) is 19.0 Å². The lowest BCUT2D eigenvalue weighted by Crippen LogP contribution is -2.17. The molecule has 8 heteroatoms. The lowest BCUT2D eigenvalue weighted by molar-refractivity contribution is 0.0954. The minimum absolute atomic E-state index is 0.151. The Morgan fingerprint density at radius 3 is 2.64 bits per heavy atom. The van der Waals surface area contributed by atoms with E-state index >= 15 is 0 Å². The van der Waals surface area contributed by atoms with E-state index in [1.807, 2.05) is 60.8 Å². The summed E-state index contributed by atoms with van der Waals surface area (Å²) in [7, 11) is 1.63. The Labute approximate surface area is 190 Å². The second kappa shape index (κ2) is 8.88. The zero-order valence-electron chi connectivity index (χ0n) is 17.8. The zero-order chi connectivity index (χ0) is 22.6. The number of aromatic nitrogens is 2. The van der Waals surface area contributed by atoms with Gasteiger partial charge in [-0.25, -0.2) is 10.1 Å². The lowest BCUT2D eigenvalue weighted by Gasteiger charge is -2.03. The van der Waals surface area contributed by atoms with Crippen molar-refractivity contribution in [3.05, 3.63) is 90.1 Å². The summed E-state index contributed by atoms with van der Waals surface area (Å²) < 4.78 is 17.6. The average molecular weight is 440 g/mol. The summed E-state index contributed by atoms with van der Waals surface area (Å²) in [5.74, 6) is 1.56. The van der Waals surface area contributed by atoms with Gasteiger partial charge in [0.25, 0.3) is 5.91 Å². The summed E-state index contributed by atoms with van der Waals surface area (Å²) in [6.07, 6.45) is 3.45. The maximum Gasteiger partial charge on any atom is 0.271 e. The van der Waals surface area contributed by atoms with Crippen LogP contribution in [0.3, 0.4) is 0 Å². The summed E-state index contributed by atoms with van der Waals surface area (Å²) in [6, 6.07) is 22.4. The molecular weight excluding hydrogens is 420 g/mol. The van der Waals surface area contributed by atoms with Gasteiger partial charge in [0.1, 0.15) is 11.4 Å². The lowest BCUT2D eigenvalue weighted by atomic mass is 10.1. The van der Waals surface area contributed by atoms with Gasteiger partial charge in [-0.05, 0) is 54.6 Å². The highest BCUT2D eigenvalue weighted by Gasteiger charge is 2.16. The predicted molar refractivity (Wildman–Crippen MR) is 123 cm³/mol. The number of para-hydroxylation sites is 1. The van der Waals surface area contributed by atoms with Crippen LogP contribution in [0.2, 0.25) is 0 Å². The van der Waals surface area contributed by atoms with Gasteiger partial charge in [-0.3, -0.25) is 4.79 Å². The minimum atomic E-state index is -0.356. The van der Waals surface area contributed by atoms with Gasteiger partial charge in [-0.2, -0.15) is 10.2 Å². The summed E-state index contributed by atoms with van der Waals surface area (Å²) in [5, 5.41) is 8.91. The molecule has 1 N–H and O–H groups in total. The third-order valence-electron chi connectivity index (χ3n) is 5.13. The second-order valence-electron chi connectivity index (χ2n) is 7.21. The van der Waals surface area contributed by atoms with Crippen LogP contribution in [0, 0.1) is 0 Å². The molecule has 5 rings (SSSR count). The molecule has 0 radical (unpaired) electrons. The van der Waals surface area contributed by atoms with Gasteiger partial charge in [-0.15, -0.1) is 0 Å². The number of nitrogens with one attached hydrogen (secondary N) is 1. The third kappa shape index (κ3) is 4.27. The average Bonchev–Trinajstić information content (AvgIpc) is 3.51. The summed E-state index contributed by atoms with van der Waals surface area (Å²) >= 11 is 0. The van der Waals surface area contributed by atoms with Crippen molar-refractivity contribution in [2.45, 2.75) is 0 Å². The second-order valence-corrected chi connectivity index (χ2v) is 7.21. The van der Waals surface area contributed by atoms with Crippen molar-refractivity contribution in [3.63, 3.8) is 0 Å². The highest BCUT2D eigenvalue weighted by molar-refractivity contribution is 5.96. The van der Waals surface area contributed by atoms with Crippen molar-refractivity contribution < 1.29 is 19.0 Å². The number of nitrogens with zero attached hydrogens (tertiary/aromatic N) is 3. The molecule has 0 bridgehead atoms.